The lowest BCUT2D eigenvalue weighted by atomic mass is 9.93. The van der Waals surface area contributed by atoms with E-state index in [1.165, 1.54) is 11.1 Å². The number of ether oxygens (including phenoxy) is 3. The highest BCUT2D eigenvalue weighted by molar-refractivity contribution is 5.80. The molecule has 2 aromatic carbocycles. The fraction of sp³-hybridized carbons (Fsp3) is 0.480. The third kappa shape index (κ3) is 5.46. The quantitative estimate of drug-likeness (QED) is 0.512. The molecule has 2 aromatic rings. The summed E-state index contributed by atoms with van der Waals surface area (Å²) in [5.74, 6) is 3.96. The predicted molar refractivity (Wildman–Crippen MR) is 127 cm³/mol. The summed E-state index contributed by atoms with van der Waals surface area (Å²) in [7, 11) is 5.21. The molecule has 2 aliphatic heterocycles. The highest BCUT2D eigenvalue weighted by Gasteiger charge is 2.25. The predicted octanol–water partition coefficient (Wildman–Crippen LogP) is 3.01. The number of rotatable bonds is 7. The largest absolute Gasteiger partial charge is 0.497 e. The van der Waals surface area contributed by atoms with Crippen LogP contribution in [0, 0.1) is 0 Å². The van der Waals surface area contributed by atoms with Gasteiger partial charge in [0.15, 0.2) is 5.96 Å². The highest BCUT2D eigenvalue weighted by Crippen LogP contribution is 2.32. The number of nitrogens with zero attached hydrogens (tertiary/aromatic N) is 2. The van der Waals surface area contributed by atoms with Crippen molar-refractivity contribution in [3.8, 4) is 17.2 Å². The maximum atomic E-state index is 5.79. The Morgan fingerprint density at radius 1 is 1.12 bits per heavy atom. The molecule has 0 saturated carbocycles. The van der Waals surface area contributed by atoms with Crippen molar-refractivity contribution in [1.82, 2.24) is 15.5 Å². The van der Waals surface area contributed by atoms with Gasteiger partial charge < -0.3 is 24.8 Å². The Kier molecular flexibility index (Phi) is 7.37. The minimum absolute atomic E-state index is 0.371. The Bertz CT molecular complexity index is 911. The van der Waals surface area contributed by atoms with Crippen LogP contribution in [0.25, 0.3) is 0 Å². The molecule has 4 rings (SSSR count). The molecule has 0 amide bonds. The van der Waals surface area contributed by atoms with Crippen LogP contribution in [0.3, 0.4) is 0 Å². The SMILES string of the molecule is CN=C(NCC1CCOc2ccccc21)NC1CCN(Cc2cc(OC)cc(OC)c2)C1. The maximum absolute atomic E-state index is 5.79. The topological polar surface area (TPSA) is 67.4 Å². The third-order valence-electron chi connectivity index (χ3n) is 6.25. The van der Waals surface area contributed by atoms with Gasteiger partial charge in [-0.25, -0.2) is 0 Å². The summed E-state index contributed by atoms with van der Waals surface area (Å²) in [4.78, 5) is 6.91. The van der Waals surface area contributed by atoms with Gasteiger partial charge in [0.1, 0.15) is 17.2 Å². The van der Waals surface area contributed by atoms with Gasteiger partial charge in [-0.15, -0.1) is 0 Å². The van der Waals surface area contributed by atoms with Crippen LogP contribution < -0.4 is 24.8 Å². The molecule has 2 unspecified atom stereocenters. The zero-order valence-corrected chi connectivity index (χ0v) is 19.3. The molecule has 2 N–H and O–H groups in total. The van der Waals surface area contributed by atoms with Crippen molar-refractivity contribution >= 4 is 5.96 Å². The van der Waals surface area contributed by atoms with E-state index in [1.807, 2.05) is 19.2 Å². The van der Waals surface area contributed by atoms with Gasteiger partial charge in [0, 0.05) is 51.3 Å². The highest BCUT2D eigenvalue weighted by atomic mass is 16.5. The lowest BCUT2D eigenvalue weighted by Crippen LogP contribution is -2.45. The van der Waals surface area contributed by atoms with Crippen molar-refractivity contribution in [1.29, 1.82) is 0 Å². The van der Waals surface area contributed by atoms with E-state index in [4.69, 9.17) is 14.2 Å². The minimum Gasteiger partial charge on any atom is -0.497 e. The molecule has 1 fully saturated rings. The van der Waals surface area contributed by atoms with Gasteiger partial charge in [0.25, 0.3) is 0 Å². The normalized spacial score (nSPS) is 20.9. The number of aliphatic imine (C=N–C) groups is 1. The van der Waals surface area contributed by atoms with Crippen molar-refractivity contribution in [3.63, 3.8) is 0 Å². The van der Waals surface area contributed by atoms with Gasteiger partial charge in [-0.1, -0.05) is 18.2 Å². The molecule has 7 nitrogen and oxygen atoms in total. The summed E-state index contributed by atoms with van der Waals surface area (Å²) < 4.78 is 16.6. The number of methoxy groups -OCH3 is 2. The van der Waals surface area contributed by atoms with Gasteiger partial charge in [-0.2, -0.15) is 0 Å². The maximum Gasteiger partial charge on any atom is 0.191 e. The third-order valence-corrected chi connectivity index (χ3v) is 6.25. The van der Waals surface area contributed by atoms with Crippen molar-refractivity contribution < 1.29 is 14.2 Å². The molecule has 0 aromatic heterocycles. The smallest absolute Gasteiger partial charge is 0.191 e. The molecule has 0 radical (unpaired) electrons. The van der Waals surface area contributed by atoms with Crippen molar-refractivity contribution in [3.05, 3.63) is 53.6 Å². The molecule has 0 aliphatic carbocycles. The molecule has 2 aliphatic rings. The number of para-hydroxylation sites is 1. The van der Waals surface area contributed by atoms with Crippen LogP contribution in [-0.2, 0) is 6.54 Å². The van der Waals surface area contributed by atoms with Crippen LogP contribution in [0.1, 0.15) is 29.9 Å². The van der Waals surface area contributed by atoms with Crippen LogP contribution in [0.15, 0.2) is 47.5 Å². The molecule has 1 saturated heterocycles. The molecule has 32 heavy (non-hydrogen) atoms. The Morgan fingerprint density at radius 3 is 2.66 bits per heavy atom. The summed E-state index contributed by atoms with van der Waals surface area (Å²) in [6.07, 6.45) is 2.10. The Balaban J connectivity index is 1.28. The van der Waals surface area contributed by atoms with Crippen molar-refractivity contribution in [2.75, 3.05) is 47.5 Å². The molecular formula is C25H34N4O3. The van der Waals surface area contributed by atoms with E-state index >= 15 is 0 Å². The van der Waals surface area contributed by atoms with E-state index in [0.717, 1.165) is 68.8 Å². The van der Waals surface area contributed by atoms with Gasteiger partial charge in [-0.05, 0) is 42.2 Å². The number of benzene rings is 2. The number of hydrogen-bond acceptors (Lipinski definition) is 5. The van der Waals surface area contributed by atoms with E-state index in [2.05, 4.69) is 50.9 Å². The lowest BCUT2D eigenvalue weighted by molar-refractivity contribution is 0.267. The second-order valence-electron chi connectivity index (χ2n) is 8.41. The minimum atomic E-state index is 0.371. The fourth-order valence-corrected chi connectivity index (χ4v) is 4.55. The van der Waals surface area contributed by atoms with Crippen molar-refractivity contribution in [2.45, 2.75) is 31.3 Å². The summed E-state index contributed by atoms with van der Waals surface area (Å²) in [6, 6.07) is 14.8. The molecule has 0 bridgehead atoms. The Morgan fingerprint density at radius 2 is 1.91 bits per heavy atom. The average Bonchev–Trinajstić information content (AvgIpc) is 3.27. The summed E-state index contributed by atoms with van der Waals surface area (Å²) in [5, 5.41) is 7.14. The van der Waals surface area contributed by atoms with Gasteiger partial charge in [-0.3, -0.25) is 9.89 Å². The Hall–Kier alpha value is -2.93. The van der Waals surface area contributed by atoms with Crippen molar-refractivity contribution in [2.24, 2.45) is 4.99 Å². The van der Waals surface area contributed by atoms with E-state index in [-0.39, 0.29) is 0 Å². The van der Waals surface area contributed by atoms with Crippen LogP contribution in [0.4, 0.5) is 0 Å². The number of hydrogen-bond donors (Lipinski definition) is 2. The van der Waals surface area contributed by atoms with Crippen LogP contribution >= 0.6 is 0 Å². The monoisotopic (exact) mass is 438 g/mol. The molecule has 0 spiro atoms. The van der Waals surface area contributed by atoms with Gasteiger partial charge in [0.2, 0.25) is 0 Å². The standard InChI is InChI=1S/C25H34N4O3/c1-26-25(27-15-19-9-11-32-24-7-5-4-6-23(19)24)28-20-8-10-29(17-20)16-18-12-21(30-2)14-22(13-18)31-3/h4-7,12-14,19-20H,8-11,15-17H2,1-3H3,(H2,26,27,28). The zero-order valence-electron chi connectivity index (χ0n) is 19.3. The van der Waals surface area contributed by atoms with E-state index in [0.29, 0.717) is 12.0 Å². The second kappa shape index (κ2) is 10.6. The first-order valence-corrected chi connectivity index (χ1v) is 11.3. The summed E-state index contributed by atoms with van der Waals surface area (Å²) in [5.41, 5.74) is 2.48. The number of guanidine groups is 1. The lowest BCUT2D eigenvalue weighted by Gasteiger charge is -2.27. The van der Waals surface area contributed by atoms with Gasteiger partial charge in [0.05, 0.1) is 20.8 Å². The zero-order chi connectivity index (χ0) is 22.3. The number of fused-ring (bicyclic) bond motifs is 1. The fourth-order valence-electron chi connectivity index (χ4n) is 4.55. The van der Waals surface area contributed by atoms with Crippen LogP contribution in [-0.4, -0.2) is 64.4 Å². The summed E-state index contributed by atoms with van der Waals surface area (Å²) in [6.45, 7) is 4.50. The number of nitrogens with one attached hydrogen (secondary N) is 2. The van der Waals surface area contributed by atoms with E-state index < -0.39 is 0 Å². The summed E-state index contributed by atoms with van der Waals surface area (Å²) >= 11 is 0. The second-order valence-corrected chi connectivity index (χ2v) is 8.41. The van der Waals surface area contributed by atoms with E-state index in [1.54, 1.807) is 14.2 Å². The first-order chi connectivity index (χ1) is 15.7. The average molecular weight is 439 g/mol. The van der Waals surface area contributed by atoms with Crippen LogP contribution in [0.5, 0.6) is 17.2 Å². The van der Waals surface area contributed by atoms with Crippen LogP contribution in [0.2, 0.25) is 0 Å². The first kappa shape index (κ1) is 22.3. The molecule has 172 valence electrons. The Labute approximate surface area is 190 Å². The molecule has 2 atom stereocenters. The molecule has 7 heteroatoms. The van der Waals surface area contributed by atoms with E-state index in [9.17, 15) is 0 Å². The number of likely N-dealkylation sites (tertiary alicyclic amines) is 1. The molecule has 2 heterocycles. The van der Waals surface area contributed by atoms with Gasteiger partial charge >= 0.3 is 0 Å². The molecular weight excluding hydrogens is 404 g/mol. The first-order valence-electron chi connectivity index (χ1n) is 11.3.